The van der Waals surface area contributed by atoms with Crippen LogP contribution in [-0.2, 0) is 16.0 Å². The number of halogens is 3. The van der Waals surface area contributed by atoms with E-state index in [0.717, 1.165) is 30.5 Å². The molecule has 7 heteroatoms. The molecule has 22 heavy (non-hydrogen) atoms. The van der Waals surface area contributed by atoms with Gasteiger partial charge in [-0.15, -0.1) is 12.4 Å². The van der Waals surface area contributed by atoms with Crippen LogP contribution in [-0.4, -0.2) is 31.7 Å². The molecule has 1 aromatic carbocycles. The second-order valence-corrected chi connectivity index (χ2v) is 6.37. The number of ether oxygens (including phenoxy) is 1. The highest BCUT2D eigenvalue weighted by molar-refractivity contribution is 6.42. The van der Waals surface area contributed by atoms with Crippen molar-refractivity contribution >= 4 is 41.5 Å². The summed E-state index contributed by atoms with van der Waals surface area (Å²) < 4.78 is 5.27. The molecule has 0 bridgehead atoms. The quantitative estimate of drug-likeness (QED) is 0.866. The maximum absolute atomic E-state index is 12.3. The zero-order valence-electron chi connectivity index (χ0n) is 12.2. The molecule has 0 saturated carbocycles. The standard InChI is InChI=1S/C15H18Cl2N2O2.ClH/c1-21-8-6-13(18-7-8)15(20)19-12-5-3-10-9(12)2-4-11(16)14(10)17;/h2,4,8,12-13,18H,3,5-7H2,1H3,(H,19,20);1H/t8-,12?,13+;/m0./s1. The van der Waals surface area contributed by atoms with Crippen molar-refractivity contribution < 1.29 is 9.53 Å². The molecule has 1 saturated heterocycles. The molecule has 1 aromatic rings. The highest BCUT2D eigenvalue weighted by Crippen LogP contribution is 2.39. The molecule has 1 aliphatic carbocycles. The third-order valence-electron chi connectivity index (χ3n) is 4.35. The van der Waals surface area contributed by atoms with Crippen LogP contribution in [0.2, 0.25) is 10.0 Å². The molecule has 3 rings (SSSR count). The number of benzene rings is 1. The number of nitrogens with one attached hydrogen (secondary N) is 2. The summed E-state index contributed by atoms with van der Waals surface area (Å²) in [6.45, 7) is 0.720. The van der Waals surface area contributed by atoms with Gasteiger partial charge in [-0.25, -0.2) is 0 Å². The highest BCUT2D eigenvalue weighted by Gasteiger charge is 2.32. The third kappa shape index (κ3) is 3.36. The van der Waals surface area contributed by atoms with Gasteiger partial charge in [0.25, 0.3) is 0 Å². The number of hydrogen-bond acceptors (Lipinski definition) is 3. The number of rotatable bonds is 3. The van der Waals surface area contributed by atoms with Crippen molar-refractivity contribution in [2.24, 2.45) is 0 Å². The second kappa shape index (κ2) is 7.37. The molecular formula is C15H19Cl3N2O2. The van der Waals surface area contributed by atoms with E-state index in [2.05, 4.69) is 10.6 Å². The first-order chi connectivity index (χ1) is 10.1. The van der Waals surface area contributed by atoms with E-state index >= 15 is 0 Å². The first-order valence-electron chi connectivity index (χ1n) is 7.13. The summed E-state index contributed by atoms with van der Waals surface area (Å²) in [5.74, 6) is 0.0264. The average molecular weight is 366 g/mol. The van der Waals surface area contributed by atoms with Crippen molar-refractivity contribution in [1.29, 1.82) is 0 Å². The molecule has 2 N–H and O–H groups in total. The summed E-state index contributed by atoms with van der Waals surface area (Å²) in [6.07, 6.45) is 2.54. The molecule has 3 atom stereocenters. The molecule has 0 spiro atoms. The van der Waals surface area contributed by atoms with Gasteiger partial charge in [-0.1, -0.05) is 29.3 Å². The Labute approximate surface area is 146 Å². The smallest absolute Gasteiger partial charge is 0.237 e. The maximum atomic E-state index is 12.3. The fourth-order valence-electron chi connectivity index (χ4n) is 3.14. The molecule has 122 valence electrons. The van der Waals surface area contributed by atoms with E-state index < -0.39 is 0 Å². The number of amides is 1. The Morgan fingerprint density at radius 3 is 2.86 bits per heavy atom. The lowest BCUT2D eigenvalue weighted by atomic mass is 10.1. The summed E-state index contributed by atoms with van der Waals surface area (Å²) in [5.41, 5.74) is 2.14. The van der Waals surface area contributed by atoms with Crippen LogP contribution in [0.25, 0.3) is 0 Å². The first kappa shape index (κ1) is 17.8. The number of methoxy groups -OCH3 is 1. The number of hydrogen-bond donors (Lipinski definition) is 2. The largest absolute Gasteiger partial charge is 0.380 e. The lowest BCUT2D eigenvalue weighted by molar-refractivity contribution is -0.123. The van der Waals surface area contributed by atoms with Crippen LogP contribution in [0.15, 0.2) is 12.1 Å². The van der Waals surface area contributed by atoms with Crippen LogP contribution in [0, 0.1) is 0 Å². The zero-order chi connectivity index (χ0) is 15.0. The van der Waals surface area contributed by atoms with Crippen LogP contribution in [0.4, 0.5) is 0 Å². The number of carbonyl (C=O) groups excluding carboxylic acids is 1. The van der Waals surface area contributed by atoms with E-state index in [1.165, 1.54) is 0 Å². The minimum Gasteiger partial charge on any atom is -0.380 e. The predicted octanol–water partition coefficient (Wildman–Crippen LogP) is 2.90. The maximum Gasteiger partial charge on any atom is 0.237 e. The Bertz CT molecular complexity index is 568. The molecule has 1 unspecified atom stereocenters. The summed E-state index contributed by atoms with van der Waals surface area (Å²) >= 11 is 12.3. The summed E-state index contributed by atoms with van der Waals surface area (Å²) in [7, 11) is 1.67. The summed E-state index contributed by atoms with van der Waals surface area (Å²) in [6, 6.07) is 3.59. The Balaban J connectivity index is 0.00000176. The number of fused-ring (bicyclic) bond motifs is 1. The molecular weight excluding hydrogens is 347 g/mol. The van der Waals surface area contributed by atoms with Crippen molar-refractivity contribution in [2.75, 3.05) is 13.7 Å². The molecule has 0 radical (unpaired) electrons. The van der Waals surface area contributed by atoms with E-state index in [0.29, 0.717) is 16.5 Å². The van der Waals surface area contributed by atoms with Crippen LogP contribution in [0.1, 0.15) is 30.0 Å². The summed E-state index contributed by atoms with van der Waals surface area (Å²) in [4.78, 5) is 12.3. The average Bonchev–Trinajstić information content (AvgIpc) is 3.10. The molecule has 0 aromatic heterocycles. The van der Waals surface area contributed by atoms with Gasteiger partial charge in [-0.3, -0.25) is 4.79 Å². The Morgan fingerprint density at radius 2 is 2.18 bits per heavy atom. The predicted molar refractivity (Wildman–Crippen MR) is 90.1 cm³/mol. The normalized spacial score (nSPS) is 26.4. The van der Waals surface area contributed by atoms with Gasteiger partial charge in [0.15, 0.2) is 0 Å². The highest BCUT2D eigenvalue weighted by atomic mass is 35.5. The second-order valence-electron chi connectivity index (χ2n) is 5.58. The van der Waals surface area contributed by atoms with Crippen molar-refractivity contribution in [3.63, 3.8) is 0 Å². The van der Waals surface area contributed by atoms with E-state index in [1.807, 2.05) is 6.07 Å². The van der Waals surface area contributed by atoms with Gasteiger partial charge in [-0.05, 0) is 36.5 Å². The fraction of sp³-hybridized carbons (Fsp3) is 0.533. The van der Waals surface area contributed by atoms with E-state index in [1.54, 1.807) is 13.2 Å². The Kier molecular flexibility index (Phi) is 5.97. The molecule has 1 aliphatic heterocycles. The lowest BCUT2D eigenvalue weighted by Crippen LogP contribution is -2.41. The molecule has 1 fully saturated rings. The van der Waals surface area contributed by atoms with Gasteiger partial charge in [0.05, 0.1) is 28.2 Å². The lowest BCUT2D eigenvalue weighted by Gasteiger charge is -2.18. The van der Waals surface area contributed by atoms with Gasteiger partial charge in [0.1, 0.15) is 0 Å². The molecule has 1 amide bonds. The van der Waals surface area contributed by atoms with Gasteiger partial charge in [0.2, 0.25) is 5.91 Å². The van der Waals surface area contributed by atoms with Crippen LogP contribution < -0.4 is 10.6 Å². The van der Waals surface area contributed by atoms with E-state index in [4.69, 9.17) is 27.9 Å². The van der Waals surface area contributed by atoms with Crippen molar-refractivity contribution in [3.05, 3.63) is 33.3 Å². The fourth-order valence-corrected chi connectivity index (χ4v) is 3.58. The van der Waals surface area contributed by atoms with E-state index in [-0.39, 0.29) is 36.5 Å². The van der Waals surface area contributed by atoms with Crippen molar-refractivity contribution in [3.8, 4) is 0 Å². The molecule has 4 nitrogen and oxygen atoms in total. The monoisotopic (exact) mass is 364 g/mol. The van der Waals surface area contributed by atoms with Crippen LogP contribution in [0.5, 0.6) is 0 Å². The van der Waals surface area contributed by atoms with Crippen LogP contribution in [0.3, 0.4) is 0 Å². The Morgan fingerprint density at radius 1 is 1.41 bits per heavy atom. The minimum atomic E-state index is -0.179. The first-order valence-corrected chi connectivity index (χ1v) is 7.89. The number of carbonyl (C=O) groups is 1. The van der Waals surface area contributed by atoms with Crippen LogP contribution >= 0.6 is 35.6 Å². The van der Waals surface area contributed by atoms with Crippen molar-refractivity contribution in [1.82, 2.24) is 10.6 Å². The van der Waals surface area contributed by atoms with Gasteiger partial charge in [0, 0.05) is 13.7 Å². The molecule has 1 heterocycles. The minimum absolute atomic E-state index is 0. The SMILES string of the molecule is CO[C@@H]1CN[C@@H](C(=O)NC2CCc3c2ccc(Cl)c3Cl)C1.Cl. The van der Waals surface area contributed by atoms with Gasteiger partial charge >= 0.3 is 0 Å². The van der Waals surface area contributed by atoms with Gasteiger partial charge < -0.3 is 15.4 Å². The van der Waals surface area contributed by atoms with Crippen molar-refractivity contribution in [2.45, 2.75) is 37.5 Å². The topological polar surface area (TPSA) is 50.4 Å². The Hall–Kier alpha value is -0.520. The van der Waals surface area contributed by atoms with Gasteiger partial charge in [-0.2, -0.15) is 0 Å². The zero-order valence-corrected chi connectivity index (χ0v) is 14.5. The third-order valence-corrected chi connectivity index (χ3v) is 5.19. The molecule has 2 aliphatic rings. The van der Waals surface area contributed by atoms with E-state index in [9.17, 15) is 4.79 Å². The summed E-state index contributed by atoms with van der Waals surface area (Å²) in [5, 5.41) is 7.49.